The summed E-state index contributed by atoms with van der Waals surface area (Å²) in [6, 6.07) is 7.17. The summed E-state index contributed by atoms with van der Waals surface area (Å²) in [6.45, 7) is 2.76. The van der Waals surface area contributed by atoms with Gasteiger partial charge in [0, 0.05) is 13.1 Å². The van der Waals surface area contributed by atoms with E-state index in [9.17, 15) is 8.42 Å². The standard InChI is InChI=1S/C10H15N3O3S/c11-17(14,15)12-9-3-1-2-4-10(9)13-5-7-16-8-6-13/h1-4,12H,5-8H2,(H2,11,14,15). The molecule has 17 heavy (non-hydrogen) atoms. The molecule has 1 aromatic rings. The van der Waals surface area contributed by atoms with Crippen molar-refractivity contribution in [2.75, 3.05) is 35.9 Å². The smallest absolute Gasteiger partial charge is 0.296 e. The van der Waals surface area contributed by atoms with Crippen LogP contribution in [0, 0.1) is 0 Å². The maximum Gasteiger partial charge on any atom is 0.296 e. The number of ether oxygens (including phenoxy) is 1. The van der Waals surface area contributed by atoms with Gasteiger partial charge in [-0.1, -0.05) is 12.1 Å². The van der Waals surface area contributed by atoms with Crippen molar-refractivity contribution in [1.29, 1.82) is 0 Å². The lowest BCUT2D eigenvalue weighted by Gasteiger charge is -2.30. The first-order chi connectivity index (χ1) is 8.06. The number of para-hydroxylation sites is 2. The Labute approximate surface area is 101 Å². The van der Waals surface area contributed by atoms with E-state index in [1.807, 2.05) is 12.1 Å². The lowest BCUT2D eigenvalue weighted by molar-refractivity contribution is 0.123. The number of hydrogen-bond donors (Lipinski definition) is 2. The zero-order valence-corrected chi connectivity index (χ0v) is 10.1. The van der Waals surface area contributed by atoms with Gasteiger partial charge < -0.3 is 9.64 Å². The predicted molar refractivity (Wildman–Crippen MR) is 66.2 cm³/mol. The van der Waals surface area contributed by atoms with Crippen LogP contribution in [0.5, 0.6) is 0 Å². The Kier molecular flexibility index (Phi) is 3.51. The first-order valence-corrected chi connectivity index (χ1v) is 6.83. The second-order valence-corrected chi connectivity index (χ2v) is 5.06. The molecule has 94 valence electrons. The summed E-state index contributed by atoms with van der Waals surface area (Å²) in [4.78, 5) is 2.07. The van der Waals surface area contributed by atoms with Crippen LogP contribution >= 0.6 is 0 Å². The molecule has 6 nitrogen and oxygen atoms in total. The first-order valence-electron chi connectivity index (χ1n) is 5.28. The summed E-state index contributed by atoms with van der Waals surface area (Å²) in [6.07, 6.45) is 0. The predicted octanol–water partition coefficient (Wildman–Crippen LogP) is 0.139. The Hall–Kier alpha value is -1.31. The Bertz CT molecular complexity index is 483. The number of nitrogens with zero attached hydrogens (tertiary/aromatic N) is 1. The molecule has 0 aromatic heterocycles. The fourth-order valence-corrected chi connectivity index (χ4v) is 2.27. The lowest BCUT2D eigenvalue weighted by Crippen LogP contribution is -2.37. The number of morpholine rings is 1. The zero-order valence-electron chi connectivity index (χ0n) is 9.30. The van der Waals surface area contributed by atoms with Crippen LogP contribution < -0.4 is 14.8 Å². The molecule has 1 aliphatic heterocycles. The van der Waals surface area contributed by atoms with Crippen LogP contribution in [0.15, 0.2) is 24.3 Å². The molecule has 0 aliphatic carbocycles. The Balaban J connectivity index is 2.26. The van der Waals surface area contributed by atoms with Gasteiger partial charge in [0.2, 0.25) is 0 Å². The molecule has 1 aromatic carbocycles. The highest BCUT2D eigenvalue weighted by Gasteiger charge is 2.15. The quantitative estimate of drug-likeness (QED) is 0.806. The van der Waals surface area contributed by atoms with E-state index in [4.69, 9.17) is 9.88 Å². The average molecular weight is 257 g/mol. The number of rotatable bonds is 3. The third kappa shape index (κ3) is 3.32. The summed E-state index contributed by atoms with van der Waals surface area (Å²) in [5.74, 6) is 0. The zero-order chi connectivity index (χ0) is 12.3. The van der Waals surface area contributed by atoms with E-state index in [2.05, 4.69) is 9.62 Å². The molecule has 0 unspecified atom stereocenters. The number of nitrogens with two attached hydrogens (primary N) is 1. The largest absolute Gasteiger partial charge is 0.378 e. The van der Waals surface area contributed by atoms with Crippen molar-refractivity contribution in [3.63, 3.8) is 0 Å². The molecule has 1 fully saturated rings. The third-order valence-corrected chi connectivity index (χ3v) is 3.01. The van der Waals surface area contributed by atoms with Crippen molar-refractivity contribution in [3.05, 3.63) is 24.3 Å². The van der Waals surface area contributed by atoms with Crippen molar-refractivity contribution < 1.29 is 13.2 Å². The molecule has 1 heterocycles. The molecule has 1 aliphatic rings. The van der Waals surface area contributed by atoms with Gasteiger partial charge in [-0.25, -0.2) is 5.14 Å². The average Bonchev–Trinajstić information content (AvgIpc) is 2.29. The Morgan fingerprint density at radius 3 is 2.53 bits per heavy atom. The minimum Gasteiger partial charge on any atom is -0.378 e. The second kappa shape index (κ2) is 4.91. The number of hydrogen-bond acceptors (Lipinski definition) is 4. The van der Waals surface area contributed by atoms with Crippen molar-refractivity contribution in [3.8, 4) is 0 Å². The number of benzene rings is 1. The molecular formula is C10H15N3O3S. The molecule has 0 atom stereocenters. The summed E-state index contributed by atoms with van der Waals surface area (Å²) in [5.41, 5.74) is 1.32. The van der Waals surface area contributed by atoms with E-state index >= 15 is 0 Å². The van der Waals surface area contributed by atoms with Crippen LogP contribution in [-0.4, -0.2) is 34.7 Å². The van der Waals surface area contributed by atoms with Crippen LogP contribution in [0.25, 0.3) is 0 Å². The van der Waals surface area contributed by atoms with Crippen molar-refractivity contribution in [2.24, 2.45) is 5.14 Å². The summed E-state index contributed by atoms with van der Waals surface area (Å²) in [7, 11) is -3.75. The summed E-state index contributed by atoms with van der Waals surface area (Å²) in [5, 5.41) is 4.98. The third-order valence-electron chi connectivity index (χ3n) is 2.51. The van der Waals surface area contributed by atoms with Crippen LogP contribution in [0.4, 0.5) is 11.4 Å². The normalized spacial score (nSPS) is 16.9. The maximum absolute atomic E-state index is 11.1. The summed E-state index contributed by atoms with van der Waals surface area (Å²) >= 11 is 0. The summed E-state index contributed by atoms with van der Waals surface area (Å²) < 4.78 is 29.7. The first kappa shape index (κ1) is 12.2. The fraction of sp³-hybridized carbons (Fsp3) is 0.400. The van der Waals surface area contributed by atoms with Crippen molar-refractivity contribution in [2.45, 2.75) is 0 Å². The highest BCUT2D eigenvalue weighted by Crippen LogP contribution is 2.26. The minimum atomic E-state index is -3.75. The van der Waals surface area contributed by atoms with E-state index in [1.165, 1.54) is 0 Å². The molecule has 3 N–H and O–H groups in total. The van der Waals surface area contributed by atoms with Gasteiger partial charge in [-0.3, -0.25) is 4.72 Å². The van der Waals surface area contributed by atoms with Gasteiger partial charge in [-0.2, -0.15) is 8.42 Å². The molecule has 0 amide bonds. The lowest BCUT2D eigenvalue weighted by atomic mass is 10.2. The molecule has 2 rings (SSSR count). The van der Waals surface area contributed by atoms with Crippen LogP contribution in [0.2, 0.25) is 0 Å². The molecule has 1 saturated heterocycles. The van der Waals surface area contributed by atoms with E-state index in [-0.39, 0.29) is 0 Å². The minimum absolute atomic E-state index is 0.497. The second-order valence-electron chi connectivity index (χ2n) is 3.76. The van der Waals surface area contributed by atoms with Crippen LogP contribution in [0.3, 0.4) is 0 Å². The van der Waals surface area contributed by atoms with Crippen LogP contribution in [-0.2, 0) is 14.9 Å². The molecule has 7 heteroatoms. The topological polar surface area (TPSA) is 84.7 Å². The van der Waals surface area contributed by atoms with E-state index in [0.717, 1.165) is 18.8 Å². The van der Waals surface area contributed by atoms with Crippen molar-refractivity contribution in [1.82, 2.24) is 0 Å². The van der Waals surface area contributed by atoms with Gasteiger partial charge in [0.05, 0.1) is 24.6 Å². The Morgan fingerprint density at radius 2 is 1.88 bits per heavy atom. The number of anilines is 2. The monoisotopic (exact) mass is 257 g/mol. The van der Waals surface area contributed by atoms with Gasteiger partial charge >= 0.3 is 0 Å². The highest BCUT2D eigenvalue weighted by molar-refractivity contribution is 7.90. The SMILES string of the molecule is NS(=O)(=O)Nc1ccccc1N1CCOCC1. The van der Waals surface area contributed by atoms with Gasteiger partial charge in [-0.05, 0) is 12.1 Å². The van der Waals surface area contributed by atoms with Gasteiger partial charge in [-0.15, -0.1) is 0 Å². The van der Waals surface area contributed by atoms with E-state index in [1.54, 1.807) is 12.1 Å². The van der Waals surface area contributed by atoms with Crippen molar-refractivity contribution >= 4 is 21.6 Å². The van der Waals surface area contributed by atoms with E-state index in [0.29, 0.717) is 18.9 Å². The van der Waals surface area contributed by atoms with Gasteiger partial charge in [0.25, 0.3) is 10.2 Å². The van der Waals surface area contributed by atoms with Gasteiger partial charge in [0.1, 0.15) is 0 Å². The fourth-order valence-electron chi connectivity index (χ4n) is 1.79. The number of nitrogens with one attached hydrogen (secondary N) is 1. The molecule has 0 saturated carbocycles. The molecular weight excluding hydrogens is 242 g/mol. The maximum atomic E-state index is 11.1. The highest BCUT2D eigenvalue weighted by atomic mass is 32.2. The molecule has 0 radical (unpaired) electrons. The van der Waals surface area contributed by atoms with Gasteiger partial charge in [0.15, 0.2) is 0 Å². The van der Waals surface area contributed by atoms with Crippen LogP contribution in [0.1, 0.15) is 0 Å². The molecule has 0 bridgehead atoms. The Morgan fingerprint density at radius 1 is 1.24 bits per heavy atom. The molecule has 0 spiro atoms. The van der Waals surface area contributed by atoms with E-state index < -0.39 is 10.2 Å².